The fourth-order valence-corrected chi connectivity index (χ4v) is 2.46. The molecule has 1 unspecified atom stereocenters. The molecular formula is C16H14F3NO2S. The molecule has 0 aliphatic carbocycles. The van der Waals surface area contributed by atoms with Crippen molar-refractivity contribution in [2.75, 3.05) is 6.54 Å². The highest BCUT2D eigenvalue weighted by atomic mass is 32.1. The highest BCUT2D eigenvalue weighted by molar-refractivity contribution is 7.10. The van der Waals surface area contributed by atoms with Gasteiger partial charge in [-0.05, 0) is 35.2 Å². The Morgan fingerprint density at radius 3 is 2.74 bits per heavy atom. The van der Waals surface area contributed by atoms with Crippen LogP contribution in [0.2, 0.25) is 0 Å². The van der Waals surface area contributed by atoms with Gasteiger partial charge >= 0.3 is 6.18 Å². The summed E-state index contributed by atoms with van der Waals surface area (Å²) < 4.78 is 37.9. The zero-order valence-electron chi connectivity index (χ0n) is 11.9. The van der Waals surface area contributed by atoms with Crippen LogP contribution in [0.1, 0.15) is 22.1 Å². The summed E-state index contributed by atoms with van der Waals surface area (Å²) in [6, 6.07) is 8.09. The lowest BCUT2D eigenvalue weighted by atomic mass is 10.1. The summed E-state index contributed by atoms with van der Waals surface area (Å²) in [4.78, 5) is 12.5. The van der Waals surface area contributed by atoms with E-state index in [1.54, 1.807) is 6.08 Å². The van der Waals surface area contributed by atoms with Crippen LogP contribution in [0.4, 0.5) is 13.2 Å². The van der Waals surface area contributed by atoms with Gasteiger partial charge in [0, 0.05) is 17.5 Å². The van der Waals surface area contributed by atoms with E-state index in [0.717, 1.165) is 17.0 Å². The van der Waals surface area contributed by atoms with Gasteiger partial charge in [0.25, 0.3) is 0 Å². The standard InChI is InChI=1S/C16H14F3NO2S/c17-16(18,19)12-4-1-3-11(9-12)14(21)10-20-15(22)7-6-13-5-2-8-23-13/h1-9,14,21H,10H2,(H,20,22)/b7-6+. The van der Waals surface area contributed by atoms with Crippen molar-refractivity contribution in [3.63, 3.8) is 0 Å². The Hall–Kier alpha value is -2.12. The summed E-state index contributed by atoms with van der Waals surface area (Å²) in [6.07, 6.45) is -2.75. The fourth-order valence-electron chi connectivity index (χ4n) is 1.84. The molecule has 0 fully saturated rings. The number of thiophene rings is 1. The first-order valence-electron chi connectivity index (χ1n) is 6.71. The molecule has 2 rings (SSSR count). The van der Waals surface area contributed by atoms with Crippen molar-refractivity contribution in [2.45, 2.75) is 12.3 Å². The molecule has 1 atom stereocenters. The summed E-state index contributed by atoms with van der Waals surface area (Å²) in [7, 11) is 0. The number of nitrogens with one attached hydrogen (secondary N) is 1. The minimum absolute atomic E-state index is 0.0994. The van der Waals surface area contributed by atoms with E-state index in [9.17, 15) is 23.1 Å². The number of carbonyl (C=O) groups excluding carboxylic acids is 1. The first kappa shape index (κ1) is 17.2. The van der Waals surface area contributed by atoms with E-state index in [4.69, 9.17) is 0 Å². The van der Waals surface area contributed by atoms with Gasteiger partial charge in [-0.25, -0.2) is 0 Å². The van der Waals surface area contributed by atoms with Crippen molar-refractivity contribution in [3.8, 4) is 0 Å². The molecule has 7 heteroatoms. The van der Waals surface area contributed by atoms with Gasteiger partial charge in [-0.2, -0.15) is 13.2 Å². The van der Waals surface area contributed by atoms with Gasteiger partial charge in [-0.15, -0.1) is 11.3 Å². The van der Waals surface area contributed by atoms with Crippen molar-refractivity contribution >= 4 is 23.3 Å². The molecule has 0 aliphatic heterocycles. The van der Waals surface area contributed by atoms with E-state index >= 15 is 0 Å². The summed E-state index contributed by atoms with van der Waals surface area (Å²) >= 11 is 1.47. The van der Waals surface area contributed by atoms with Crippen LogP contribution in [0.3, 0.4) is 0 Å². The van der Waals surface area contributed by atoms with Crippen molar-refractivity contribution in [1.29, 1.82) is 0 Å². The largest absolute Gasteiger partial charge is 0.416 e. The van der Waals surface area contributed by atoms with Crippen LogP contribution in [-0.2, 0) is 11.0 Å². The Balaban J connectivity index is 1.92. The molecule has 0 saturated carbocycles. The molecule has 122 valence electrons. The molecule has 0 aliphatic rings. The van der Waals surface area contributed by atoms with Crippen LogP contribution in [0.25, 0.3) is 6.08 Å². The maximum Gasteiger partial charge on any atom is 0.416 e. The van der Waals surface area contributed by atoms with E-state index in [1.807, 2.05) is 17.5 Å². The van der Waals surface area contributed by atoms with Crippen molar-refractivity contribution in [1.82, 2.24) is 5.32 Å². The number of alkyl halides is 3. The second-order valence-corrected chi connectivity index (χ2v) is 5.71. The number of halogens is 3. The van der Waals surface area contributed by atoms with E-state index in [-0.39, 0.29) is 12.1 Å². The number of aliphatic hydroxyl groups is 1. The Bertz CT molecular complexity index is 681. The number of benzene rings is 1. The normalized spacial score (nSPS) is 13.2. The van der Waals surface area contributed by atoms with Crippen molar-refractivity contribution < 1.29 is 23.1 Å². The van der Waals surface area contributed by atoms with Gasteiger partial charge in [0.15, 0.2) is 0 Å². The molecular weight excluding hydrogens is 327 g/mol. The molecule has 0 saturated heterocycles. The van der Waals surface area contributed by atoms with Crippen LogP contribution in [0.5, 0.6) is 0 Å². The van der Waals surface area contributed by atoms with Crippen molar-refractivity contribution in [2.24, 2.45) is 0 Å². The second kappa shape index (κ2) is 7.43. The maximum atomic E-state index is 12.6. The lowest BCUT2D eigenvalue weighted by molar-refractivity contribution is -0.137. The van der Waals surface area contributed by atoms with Gasteiger partial charge in [0.1, 0.15) is 0 Å². The lowest BCUT2D eigenvalue weighted by Crippen LogP contribution is -2.26. The number of rotatable bonds is 5. The van der Waals surface area contributed by atoms with E-state index in [2.05, 4.69) is 5.32 Å². The monoisotopic (exact) mass is 341 g/mol. The molecule has 0 spiro atoms. The Morgan fingerprint density at radius 2 is 2.09 bits per heavy atom. The molecule has 0 bridgehead atoms. The summed E-state index contributed by atoms with van der Waals surface area (Å²) in [5.74, 6) is -0.426. The minimum Gasteiger partial charge on any atom is -0.387 e. The van der Waals surface area contributed by atoms with Crippen molar-refractivity contribution in [3.05, 3.63) is 63.9 Å². The van der Waals surface area contributed by atoms with Gasteiger partial charge < -0.3 is 10.4 Å². The zero-order valence-corrected chi connectivity index (χ0v) is 12.7. The summed E-state index contributed by atoms with van der Waals surface area (Å²) in [6.45, 7) is -0.172. The Labute approximate surface area is 135 Å². The predicted octanol–water partition coefficient (Wildman–Crippen LogP) is 3.63. The van der Waals surface area contributed by atoms with Gasteiger partial charge in [0.2, 0.25) is 5.91 Å². The lowest BCUT2D eigenvalue weighted by Gasteiger charge is -2.14. The molecule has 0 radical (unpaired) electrons. The molecule has 3 nitrogen and oxygen atoms in total. The quantitative estimate of drug-likeness (QED) is 0.816. The number of hydrogen-bond donors (Lipinski definition) is 2. The number of hydrogen-bond acceptors (Lipinski definition) is 3. The number of aliphatic hydroxyl groups excluding tert-OH is 1. The van der Waals surface area contributed by atoms with Gasteiger partial charge in [0.05, 0.1) is 11.7 Å². The molecule has 1 aromatic carbocycles. The fraction of sp³-hybridized carbons (Fsp3) is 0.188. The van der Waals surface area contributed by atoms with E-state index in [1.165, 1.54) is 29.5 Å². The Kier molecular flexibility index (Phi) is 5.57. The second-order valence-electron chi connectivity index (χ2n) is 4.73. The van der Waals surface area contributed by atoms with E-state index in [0.29, 0.717) is 0 Å². The minimum atomic E-state index is -4.47. The van der Waals surface area contributed by atoms with Crippen LogP contribution in [0.15, 0.2) is 47.9 Å². The smallest absolute Gasteiger partial charge is 0.387 e. The van der Waals surface area contributed by atoms with Gasteiger partial charge in [-0.1, -0.05) is 18.2 Å². The third-order valence-electron chi connectivity index (χ3n) is 3.01. The highest BCUT2D eigenvalue weighted by Crippen LogP contribution is 2.30. The first-order chi connectivity index (χ1) is 10.9. The van der Waals surface area contributed by atoms with Crippen LogP contribution < -0.4 is 5.32 Å². The maximum absolute atomic E-state index is 12.6. The molecule has 1 aromatic heterocycles. The molecule has 1 heterocycles. The average molecular weight is 341 g/mol. The molecule has 2 N–H and O–H groups in total. The number of amides is 1. The first-order valence-corrected chi connectivity index (χ1v) is 7.59. The van der Waals surface area contributed by atoms with Crippen LogP contribution in [-0.4, -0.2) is 17.6 Å². The zero-order chi connectivity index (χ0) is 16.9. The average Bonchev–Trinajstić information content (AvgIpc) is 3.03. The molecule has 2 aromatic rings. The molecule has 23 heavy (non-hydrogen) atoms. The van der Waals surface area contributed by atoms with Crippen LogP contribution >= 0.6 is 11.3 Å². The van der Waals surface area contributed by atoms with Crippen LogP contribution in [0, 0.1) is 0 Å². The van der Waals surface area contributed by atoms with E-state index < -0.39 is 23.8 Å². The SMILES string of the molecule is O=C(/C=C/c1cccs1)NCC(O)c1cccc(C(F)(F)F)c1. The third-order valence-corrected chi connectivity index (χ3v) is 3.85. The summed E-state index contributed by atoms with van der Waals surface area (Å²) in [5.41, 5.74) is -0.736. The van der Waals surface area contributed by atoms with Gasteiger partial charge in [-0.3, -0.25) is 4.79 Å². The predicted molar refractivity (Wildman–Crippen MR) is 82.8 cm³/mol. The third kappa shape index (κ3) is 5.22. The Morgan fingerprint density at radius 1 is 1.30 bits per heavy atom. The number of carbonyl (C=O) groups is 1. The topological polar surface area (TPSA) is 49.3 Å². The summed E-state index contributed by atoms with van der Waals surface area (Å²) in [5, 5.41) is 14.2. The molecule has 1 amide bonds. The highest BCUT2D eigenvalue weighted by Gasteiger charge is 2.30.